The summed E-state index contributed by atoms with van der Waals surface area (Å²) < 4.78 is 15.7. The summed E-state index contributed by atoms with van der Waals surface area (Å²) in [5, 5.41) is 8.99. The molecule has 13 aromatic rings. The molecule has 7 heteroatoms. The van der Waals surface area contributed by atoms with Crippen molar-refractivity contribution in [2.45, 2.75) is 0 Å². The van der Waals surface area contributed by atoms with Crippen molar-refractivity contribution < 1.29 is 4.42 Å². The number of nitrogens with zero attached hydrogens (tertiary/aromatic N) is 6. The number of fused-ring (bicyclic) bond motifs is 13. The van der Waals surface area contributed by atoms with E-state index in [1.54, 1.807) is 0 Å². The highest BCUT2D eigenvalue weighted by Crippen LogP contribution is 2.44. The highest BCUT2D eigenvalue weighted by Gasteiger charge is 2.26. The smallest absolute Gasteiger partial charge is 0.239 e. The largest absolute Gasteiger partial charge is 0.438 e. The minimum Gasteiger partial charge on any atom is -0.438 e. The molecule has 266 valence electrons. The first kappa shape index (κ1) is 30.4. The second kappa shape index (κ2) is 11.3. The van der Waals surface area contributed by atoms with Gasteiger partial charge in [0.2, 0.25) is 11.7 Å². The van der Waals surface area contributed by atoms with Crippen molar-refractivity contribution in [2.24, 2.45) is 0 Å². The minimum atomic E-state index is 0.554. The number of aromatic nitrogens is 6. The van der Waals surface area contributed by atoms with E-state index in [1.165, 1.54) is 21.7 Å². The van der Waals surface area contributed by atoms with E-state index in [9.17, 15) is 0 Å². The Balaban J connectivity index is 1.17. The zero-order valence-electron chi connectivity index (χ0n) is 30.4. The molecule has 6 heterocycles. The molecule has 0 saturated carbocycles. The normalized spacial score (nSPS) is 12.2. The highest BCUT2D eigenvalue weighted by molar-refractivity contribution is 6.24. The van der Waals surface area contributed by atoms with Gasteiger partial charge in [-0.3, -0.25) is 18.3 Å². The third-order valence-corrected chi connectivity index (χ3v) is 11.6. The summed E-state index contributed by atoms with van der Waals surface area (Å²) in [6, 6.07) is 62.3. The summed E-state index contributed by atoms with van der Waals surface area (Å²) >= 11 is 0. The van der Waals surface area contributed by atoms with Crippen LogP contribution in [-0.4, -0.2) is 28.2 Å². The molecule has 13 rings (SSSR count). The van der Waals surface area contributed by atoms with Gasteiger partial charge < -0.3 is 4.42 Å². The molecule has 0 spiro atoms. The molecule has 0 bridgehead atoms. The molecule has 0 amide bonds. The summed E-state index contributed by atoms with van der Waals surface area (Å²) in [5.41, 5.74) is 11.2. The van der Waals surface area contributed by atoms with Crippen LogP contribution in [0, 0.1) is 0 Å². The maximum atomic E-state index is 6.30. The van der Waals surface area contributed by atoms with Gasteiger partial charge in [-0.05, 0) is 66.7 Å². The molecule has 0 saturated heterocycles. The monoisotopic (exact) mass is 730 g/mol. The molecule has 0 aliphatic carbocycles. The van der Waals surface area contributed by atoms with Crippen LogP contribution in [0.2, 0.25) is 0 Å². The average Bonchev–Trinajstić information content (AvgIpc) is 4.06. The van der Waals surface area contributed by atoms with E-state index >= 15 is 0 Å². The highest BCUT2D eigenvalue weighted by atomic mass is 16.3. The maximum absolute atomic E-state index is 6.30. The Bertz CT molecular complexity index is 3750. The van der Waals surface area contributed by atoms with Crippen LogP contribution in [0.15, 0.2) is 187 Å². The number of hydrogen-bond donors (Lipinski definition) is 0. The van der Waals surface area contributed by atoms with E-state index in [0.29, 0.717) is 11.7 Å². The minimum absolute atomic E-state index is 0.554. The summed E-state index contributed by atoms with van der Waals surface area (Å²) in [4.78, 5) is 10.1. The number of furan rings is 1. The number of para-hydroxylation sites is 6. The Labute approximate surface area is 324 Å². The fraction of sp³-hybridized carbons (Fsp3) is 0. The molecule has 0 unspecified atom stereocenters. The zero-order valence-corrected chi connectivity index (χ0v) is 30.4. The summed E-state index contributed by atoms with van der Waals surface area (Å²) in [7, 11) is 0. The quantitative estimate of drug-likeness (QED) is 0.181. The van der Waals surface area contributed by atoms with Gasteiger partial charge in [-0.2, -0.15) is 4.98 Å². The first-order chi connectivity index (χ1) is 28.3. The molecular formula is C50H30N6O. The van der Waals surface area contributed by atoms with Gasteiger partial charge in [-0.1, -0.05) is 109 Å². The van der Waals surface area contributed by atoms with Crippen LogP contribution in [0.4, 0.5) is 0 Å². The SMILES string of the molecule is c1ccc(-n2c3ccccc3c3c4ccccc4n(-c4ccc5c(c4)c4c6ccccc6n(-c6ncc7c(n6)oc6ccccc67)c4n5-c4ccccc4)c32)cc1. The van der Waals surface area contributed by atoms with Crippen molar-refractivity contribution in [3.05, 3.63) is 182 Å². The van der Waals surface area contributed by atoms with Gasteiger partial charge in [0.25, 0.3) is 0 Å². The first-order valence-electron chi connectivity index (χ1n) is 19.2. The van der Waals surface area contributed by atoms with Crippen LogP contribution in [0.25, 0.3) is 111 Å². The van der Waals surface area contributed by atoms with E-state index in [4.69, 9.17) is 14.4 Å². The third kappa shape index (κ3) is 4.09. The molecular weight excluding hydrogens is 701 g/mol. The van der Waals surface area contributed by atoms with Crippen LogP contribution in [0.3, 0.4) is 0 Å². The first-order valence-corrected chi connectivity index (χ1v) is 19.2. The zero-order chi connectivity index (χ0) is 37.2. The lowest BCUT2D eigenvalue weighted by Gasteiger charge is -2.14. The molecule has 0 fully saturated rings. The van der Waals surface area contributed by atoms with E-state index in [2.05, 4.69) is 176 Å². The molecule has 0 aliphatic heterocycles. The predicted octanol–water partition coefficient (Wildman–Crippen LogP) is 12.5. The van der Waals surface area contributed by atoms with Crippen molar-refractivity contribution in [2.75, 3.05) is 0 Å². The maximum Gasteiger partial charge on any atom is 0.239 e. The summed E-state index contributed by atoms with van der Waals surface area (Å²) in [6.07, 6.45) is 1.89. The second-order valence-corrected chi connectivity index (χ2v) is 14.6. The topological polar surface area (TPSA) is 58.6 Å². The van der Waals surface area contributed by atoms with Gasteiger partial charge in [-0.15, -0.1) is 0 Å². The molecule has 7 nitrogen and oxygen atoms in total. The average molecular weight is 731 g/mol. The summed E-state index contributed by atoms with van der Waals surface area (Å²) in [6.45, 7) is 0. The van der Waals surface area contributed by atoms with Gasteiger partial charge in [0.05, 0.1) is 27.5 Å². The number of hydrogen-bond acceptors (Lipinski definition) is 3. The van der Waals surface area contributed by atoms with E-state index in [1.807, 2.05) is 24.4 Å². The molecule has 7 aromatic carbocycles. The number of rotatable bonds is 4. The molecule has 6 aromatic heterocycles. The Hall–Kier alpha value is -7.90. The Kier molecular flexibility index (Phi) is 6.04. The molecule has 0 radical (unpaired) electrons. The standard InChI is InChI=1S/C50H30N6O/c1-3-15-31(16-4-1)53-40-23-11-7-20-35(40)45-36-21-8-12-24-41(36)55(48(45)53)33-27-28-43-38(29-33)46-37-22-9-13-25-42(37)56(49(46)54(43)32-17-5-2-6-18-32)50-51-30-39-34-19-10-14-26-44(34)57-47(39)52-50/h1-30H. The van der Waals surface area contributed by atoms with Crippen molar-refractivity contribution in [3.63, 3.8) is 0 Å². The molecule has 0 atom stereocenters. The lowest BCUT2D eigenvalue weighted by molar-refractivity contribution is 0.651. The lowest BCUT2D eigenvalue weighted by atomic mass is 10.1. The fourth-order valence-electron chi connectivity index (χ4n) is 9.32. The van der Waals surface area contributed by atoms with Crippen LogP contribution in [0.1, 0.15) is 0 Å². The molecule has 0 N–H and O–H groups in total. The van der Waals surface area contributed by atoms with Crippen molar-refractivity contribution >= 4 is 87.7 Å². The van der Waals surface area contributed by atoms with Crippen LogP contribution in [0.5, 0.6) is 0 Å². The second-order valence-electron chi connectivity index (χ2n) is 14.6. The fourth-order valence-corrected chi connectivity index (χ4v) is 9.32. The van der Waals surface area contributed by atoms with Crippen molar-refractivity contribution in [1.29, 1.82) is 0 Å². The number of benzene rings is 7. The Morgan fingerprint density at radius 2 is 0.842 bits per heavy atom. The van der Waals surface area contributed by atoms with Gasteiger partial charge in [0.15, 0.2) is 0 Å². The summed E-state index contributed by atoms with van der Waals surface area (Å²) in [5.74, 6) is 0.554. The molecule has 0 aliphatic rings. The van der Waals surface area contributed by atoms with Crippen LogP contribution >= 0.6 is 0 Å². The van der Waals surface area contributed by atoms with Crippen LogP contribution < -0.4 is 0 Å². The lowest BCUT2D eigenvalue weighted by Crippen LogP contribution is -2.05. The van der Waals surface area contributed by atoms with Gasteiger partial charge in [0.1, 0.15) is 16.9 Å². The van der Waals surface area contributed by atoms with Gasteiger partial charge in [0, 0.05) is 61.0 Å². The van der Waals surface area contributed by atoms with E-state index < -0.39 is 0 Å². The van der Waals surface area contributed by atoms with E-state index in [-0.39, 0.29) is 0 Å². The van der Waals surface area contributed by atoms with Crippen molar-refractivity contribution in [3.8, 4) is 23.0 Å². The van der Waals surface area contributed by atoms with Crippen LogP contribution in [-0.2, 0) is 0 Å². The van der Waals surface area contributed by atoms with Gasteiger partial charge in [-0.25, -0.2) is 4.98 Å². The predicted molar refractivity (Wildman–Crippen MR) is 232 cm³/mol. The molecule has 57 heavy (non-hydrogen) atoms. The Morgan fingerprint density at radius 1 is 0.368 bits per heavy atom. The van der Waals surface area contributed by atoms with Crippen molar-refractivity contribution in [1.82, 2.24) is 28.2 Å². The Morgan fingerprint density at radius 3 is 1.47 bits per heavy atom. The van der Waals surface area contributed by atoms with Gasteiger partial charge >= 0.3 is 0 Å². The third-order valence-electron chi connectivity index (χ3n) is 11.6. The van der Waals surface area contributed by atoms with E-state index in [0.717, 1.165) is 77.4 Å².